The molecule has 5 nitrogen and oxygen atoms in total. The zero-order valence-electron chi connectivity index (χ0n) is 11.4. The lowest BCUT2D eigenvalue weighted by Crippen LogP contribution is -2.39. The predicted molar refractivity (Wildman–Crippen MR) is 72.9 cm³/mol. The Hall–Kier alpha value is -1.75. The van der Waals surface area contributed by atoms with Crippen molar-refractivity contribution < 1.29 is 14.3 Å². The molecule has 1 amide bonds. The summed E-state index contributed by atoms with van der Waals surface area (Å²) in [6.45, 7) is 6.54. The lowest BCUT2D eigenvalue weighted by Gasteiger charge is -2.21. The number of carbonyl (C=O) groups is 1. The fourth-order valence-electron chi connectivity index (χ4n) is 2.01. The number of fused-ring (bicyclic) bond motifs is 1. The Bertz CT molecular complexity index is 448. The van der Waals surface area contributed by atoms with Crippen molar-refractivity contribution in [3.63, 3.8) is 0 Å². The molecule has 2 rings (SSSR count). The molecule has 0 bridgehead atoms. The van der Waals surface area contributed by atoms with E-state index < -0.39 is 0 Å². The molecule has 1 aromatic carbocycles. The molecule has 0 unspecified atom stereocenters. The number of nitrogens with one attached hydrogen (secondary N) is 2. The molecule has 1 aliphatic rings. The molecule has 2 N–H and O–H groups in total. The highest BCUT2D eigenvalue weighted by atomic mass is 16.6. The van der Waals surface area contributed by atoms with Crippen LogP contribution < -0.4 is 20.1 Å². The molecule has 5 heteroatoms. The van der Waals surface area contributed by atoms with Gasteiger partial charge < -0.3 is 20.1 Å². The maximum Gasteiger partial charge on any atom is 0.255 e. The van der Waals surface area contributed by atoms with Crippen molar-refractivity contribution in [2.24, 2.45) is 0 Å². The molecule has 1 aliphatic heterocycles. The number of ether oxygens (including phenoxy) is 2. The average Bonchev–Trinajstić information content (AvgIpc) is 2.44. The lowest BCUT2D eigenvalue weighted by molar-refractivity contribution is 0.0939. The third-order valence-corrected chi connectivity index (χ3v) is 2.93. The summed E-state index contributed by atoms with van der Waals surface area (Å²) >= 11 is 0. The summed E-state index contributed by atoms with van der Waals surface area (Å²) in [5.41, 5.74) is 0.529. The number of para-hydroxylation sites is 1. The molecule has 0 fully saturated rings. The van der Waals surface area contributed by atoms with Crippen LogP contribution in [0.1, 0.15) is 24.2 Å². The zero-order valence-corrected chi connectivity index (χ0v) is 11.4. The molecule has 19 heavy (non-hydrogen) atoms. The standard InChI is InChI=1S/C14H20N2O3/c1-3-15-10(2)9-16-14(17)11-5-4-6-12-13(11)19-8-7-18-12/h4-6,10,15H,3,7-9H2,1-2H3,(H,16,17)/t10-/m1/s1. The van der Waals surface area contributed by atoms with Gasteiger partial charge in [0.2, 0.25) is 0 Å². The number of hydrogen-bond donors (Lipinski definition) is 2. The first-order valence-electron chi connectivity index (χ1n) is 6.62. The van der Waals surface area contributed by atoms with E-state index in [2.05, 4.69) is 10.6 Å². The molecular formula is C14H20N2O3. The molecule has 1 heterocycles. The fraction of sp³-hybridized carbons (Fsp3) is 0.500. The highest BCUT2D eigenvalue weighted by Gasteiger charge is 2.20. The summed E-state index contributed by atoms with van der Waals surface area (Å²) in [5.74, 6) is 1.05. The maximum atomic E-state index is 12.2. The molecule has 0 aliphatic carbocycles. The van der Waals surface area contributed by atoms with Crippen molar-refractivity contribution in [3.8, 4) is 11.5 Å². The molecule has 0 saturated heterocycles. The first kappa shape index (κ1) is 13.7. The van der Waals surface area contributed by atoms with Crippen LogP contribution in [0, 0.1) is 0 Å². The Balaban J connectivity index is 2.03. The quantitative estimate of drug-likeness (QED) is 0.838. The highest BCUT2D eigenvalue weighted by molar-refractivity contribution is 5.97. The second kappa shape index (κ2) is 6.43. The van der Waals surface area contributed by atoms with Crippen LogP contribution in [0.5, 0.6) is 11.5 Å². The third kappa shape index (κ3) is 3.38. The topological polar surface area (TPSA) is 59.6 Å². The summed E-state index contributed by atoms with van der Waals surface area (Å²) in [4.78, 5) is 12.2. The van der Waals surface area contributed by atoms with E-state index in [4.69, 9.17) is 9.47 Å². The average molecular weight is 264 g/mol. The van der Waals surface area contributed by atoms with Gasteiger partial charge in [-0.15, -0.1) is 0 Å². The van der Waals surface area contributed by atoms with Gasteiger partial charge in [-0.2, -0.15) is 0 Å². The van der Waals surface area contributed by atoms with Crippen LogP contribution >= 0.6 is 0 Å². The molecule has 104 valence electrons. The van der Waals surface area contributed by atoms with Crippen molar-refractivity contribution in [2.75, 3.05) is 26.3 Å². The van der Waals surface area contributed by atoms with E-state index in [9.17, 15) is 4.79 Å². The van der Waals surface area contributed by atoms with Crippen LogP contribution in [0.3, 0.4) is 0 Å². The Morgan fingerprint density at radius 1 is 1.37 bits per heavy atom. The SMILES string of the molecule is CCN[C@H](C)CNC(=O)c1cccc2c1OCCO2. The number of benzene rings is 1. The van der Waals surface area contributed by atoms with Gasteiger partial charge >= 0.3 is 0 Å². The summed E-state index contributed by atoms with van der Waals surface area (Å²) < 4.78 is 11.0. The first-order chi connectivity index (χ1) is 9.22. The van der Waals surface area contributed by atoms with Crippen LogP contribution in [-0.2, 0) is 0 Å². The van der Waals surface area contributed by atoms with Gasteiger partial charge in [-0.05, 0) is 25.6 Å². The number of hydrogen-bond acceptors (Lipinski definition) is 4. The van der Waals surface area contributed by atoms with E-state index in [1.54, 1.807) is 12.1 Å². The van der Waals surface area contributed by atoms with E-state index in [0.29, 0.717) is 36.8 Å². The van der Waals surface area contributed by atoms with E-state index in [1.165, 1.54) is 0 Å². The molecule has 1 atom stereocenters. The number of likely N-dealkylation sites (N-methyl/N-ethyl adjacent to an activating group) is 1. The molecule has 0 aromatic heterocycles. The van der Waals surface area contributed by atoms with Gasteiger partial charge in [0.1, 0.15) is 13.2 Å². The van der Waals surface area contributed by atoms with Crippen molar-refractivity contribution in [1.29, 1.82) is 0 Å². The smallest absolute Gasteiger partial charge is 0.255 e. The van der Waals surface area contributed by atoms with E-state index >= 15 is 0 Å². The zero-order chi connectivity index (χ0) is 13.7. The van der Waals surface area contributed by atoms with E-state index in [0.717, 1.165) is 6.54 Å². The van der Waals surface area contributed by atoms with Crippen LogP contribution in [0.2, 0.25) is 0 Å². The summed E-state index contributed by atoms with van der Waals surface area (Å²) in [6, 6.07) is 5.61. The molecular weight excluding hydrogens is 244 g/mol. The summed E-state index contributed by atoms with van der Waals surface area (Å²) in [5, 5.41) is 6.14. The number of amides is 1. The predicted octanol–water partition coefficient (Wildman–Crippen LogP) is 1.19. The van der Waals surface area contributed by atoms with Crippen LogP contribution in [-0.4, -0.2) is 38.3 Å². The largest absolute Gasteiger partial charge is 0.486 e. The fourth-order valence-corrected chi connectivity index (χ4v) is 2.01. The minimum Gasteiger partial charge on any atom is -0.486 e. The minimum absolute atomic E-state index is 0.132. The van der Waals surface area contributed by atoms with Gasteiger partial charge in [0.25, 0.3) is 5.91 Å². The van der Waals surface area contributed by atoms with Crippen LogP contribution in [0.15, 0.2) is 18.2 Å². The van der Waals surface area contributed by atoms with Gasteiger partial charge in [-0.3, -0.25) is 4.79 Å². The molecule has 0 spiro atoms. The maximum absolute atomic E-state index is 12.2. The minimum atomic E-state index is -0.132. The number of rotatable bonds is 5. The second-order valence-electron chi connectivity index (χ2n) is 4.50. The van der Waals surface area contributed by atoms with Gasteiger partial charge in [0, 0.05) is 12.6 Å². The molecule has 0 saturated carbocycles. The Labute approximate surface area is 113 Å². The molecule has 1 aromatic rings. The normalized spacial score (nSPS) is 14.8. The summed E-state index contributed by atoms with van der Waals surface area (Å²) in [6.07, 6.45) is 0. The van der Waals surface area contributed by atoms with Gasteiger partial charge in [0.15, 0.2) is 11.5 Å². The van der Waals surface area contributed by atoms with Crippen molar-refractivity contribution in [1.82, 2.24) is 10.6 Å². The Kier molecular flexibility index (Phi) is 4.63. The van der Waals surface area contributed by atoms with E-state index in [-0.39, 0.29) is 11.9 Å². The van der Waals surface area contributed by atoms with Gasteiger partial charge in [-0.1, -0.05) is 13.0 Å². The van der Waals surface area contributed by atoms with Crippen molar-refractivity contribution in [3.05, 3.63) is 23.8 Å². The number of carbonyl (C=O) groups excluding carboxylic acids is 1. The van der Waals surface area contributed by atoms with Crippen LogP contribution in [0.25, 0.3) is 0 Å². The van der Waals surface area contributed by atoms with Crippen molar-refractivity contribution in [2.45, 2.75) is 19.9 Å². The Morgan fingerprint density at radius 2 is 2.16 bits per heavy atom. The first-order valence-corrected chi connectivity index (χ1v) is 6.62. The highest BCUT2D eigenvalue weighted by Crippen LogP contribution is 2.33. The van der Waals surface area contributed by atoms with Gasteiger partial charge in [0.05, 0.1) is 5.56 Å². The Morgan fingerprint density at radius 3 is 2.95 bits per heavy atom. The second-order valence-corrected chi connectivity index (χ2v) is 4.50. The van der Waals surface area contributed by atoms with Gasteiger partial charge in [-0.25, -0.2) is 0 Å². The lowest BCUT2D eigenvalue weighted by atomic mass is 10.1. The van der Waals surface area contributed by atoms with Crippen molar-refractivity contribution >= 4 is 5.91 Å². The molecule has 0 radical (unpaired) electrons. The van der Waals surface area contributed by atoms with Crippen LogP contribution in [0.4, 0.5) is 0 Å². The third-order valence-electron chi connectivity index (χ3n) is 2.93. The summed E-state index contributed by atoms with van der Waals surface area (Å²) in [7, 11) is 0. The monoisotopic (exact) mass is 264 g/mol. The van der Waals surface area contributed by atoms with E-state index in [1.807, 2.05) is 19.9 Å².